The van der Waals surface area contributed by atoms with E-state index in [1.807, 2.05) is 30.3 Å². The zero-order valence-electron chi connectivity index (χ0n) is 12.9. The van der Waals surface area contributed by atoms with Gasteiger partial charge in [-0.1, -0.05) is 70.4 Å². The highest BCUT2D eigenvalue weighted by atomic mass is 16.2. The maximum Gasteiger partial charge on any atom is 0.240 e. The fourth-order valence-corrected chi connectivity index (χ4v) is 2.03. The monoisotopic (exact) mass is 274 g/mol. The molecule has 0 aliphatic heterocycles. The predicted octanol–water partition coefficient (Wildman–Crippen LogP) is 4.13. The van der Waals surface area contributed by atoms with E-state index in [2.05, 4.69) is 31.3 Å². The molecule has 0 saturated heterocycles. The van der Waals surface area contributed by atoms with Crippen LogP contribution in [-0.4, -0.2) is 11.6 Å². The molecule has 3 nitrogen and oxygen atoms in total. The molecule has 1 rings (SSSR count). The number of nitrogens with zero attached hydrogens (tertiary/aromatic N) is 1. The SMILES string of the molecule is CCCCCCC(=O)NN=C(c1ccccc1)C(C)C. The van der Waals surface area contributed by atoms with E-state index < -0.39 is 0 Å². The third kappa shape index (κ3) is 6.00. The quantitative estimate of drug-likeness (QED) is 0.432. The van der Waals surface area contributed by atoms with Gasteiger partial charge in [0.25, 0.3) is 0 Å². The highest BCUT2D eigenvalue weighted by Gasteiger charge is 2.09. The van der Waals surface area contributed by atoms with Gasteiger partial charge in [-0.15, -0.1) is 0 Å². The molecule has 0 bridgehead atoms. The van der Waals surface area contributed by atoms with Crippen LogP contribution >= 0.6 is 0 Å². The number of amides is 1. The van der Waals surface area contributed by atoms with Crippen molar-refractivity contribution in [3.8, 4) is 0 Å². The topological polar surface area (TPSA) is 41.5 Å². The molecule has 0 aromatic heterocycles. The van der Waals surface area contributed by atoms with Crippen LogP contribution in [0.1, 0.15) is 58.4 Å². The second-order valence-electron chi connectivity index (χ2n) is 5.36. The van der Waals surface area contributed by atoms with Crippen molar-refractivity contribution in [1.29, 1.82) is 0 Å². The van der Waals surface area contributed by atoms with Crippen molar-refractivity contribution >= 4 is 11.6 Å². The summed E-state index contributed by atoms with van der Waals surface area (Å²) in [6.07, 6.45) is 4.99. The van der Waals surface area contributed by atoms with Crippen LogP contribution in [0.15, 0.2) is 35.4 Å². The first-order chi connectivity index (χ1) is 9.65. The van der Waals surface area contributed by atoms with E-state index in [0.717, 1.165) is 24.1 Å². The van der Waals surface area contributed by atoms with E-state index >= 15 is 0 Å². The van der Waals surface area contributed by atoms with Crippen LogP contribution in [-0.2, 0) is 4.79 Å². The molecule has 0 unspecified atom stereocenters. The Hall–Kier alpha value is -1.64. The Kier molecular flexibility index (Phi) is 7.63. The molecule has 0 heterocycles. The molecule has 110 valence electrons. The Balaban J connectivity index is 2.54. The van der Waals surface area contributed by atoms with Crippen LogP contribution in [0.4, 0.5) is 0 Å². The Morgan fingerprint density at radius 1 is 1.15 bits per heavy atom. The zero-order chi connectivity index (χ0) is 14.8. The van der Waals surface area contributed by atoms with Crippen LogP contribution in [0.3, 0.4) is 0 Å². The smallest absolute Gasteiger partial charge is 0.240 e. The lowest BCUT2D eigenvalue weighted by molar-refractivity contribution is -0.121. The number of nitrogens with one attached hydrogen (secondary N) is 1. The van der Waals surface area contributed by atoms with Gasteiger partial charge in [0.05, 0.1) is 5.71 Å². The number of carbonyl (C=O) groups excluding carboxylic acids is 1. The summed E-state index contributed by atoms with van der Waals surface area (Å²) in [5.74, 6) is 0.285. The highest BCUT2D eigenvalue weighted by Crippen LogP contribution is 2.09. The highest BCUT2D eigenvalue weighted by molar-refractivity contribution is 6.02. The summed E-state index contributed by atoms with van der Waals surface area (Å²) >= 11 is 0. The summed E-state index contributed by atoms with van der Waals surface area (Å²) in [5.41, 5.74) is 4.68. The van der Waals surface area contributed by atoms with Crippen molar-refractivity contribution in [2.45, 2.75) is 52.9 Å². The number of unbranched alkanes of at least 4 members (excludes halogenated alkanes) is 3. The summed E-state index contributed by atoms with van der Waals surface area (Å²) in [5, 5.41) is 4.31. The number of hydrogen-bond acceptors (Lipinski definition) is 2. The summed E-state index contributed by atoms with van der Waals surface area (Å²) in [6.45, 7) is 6.33. The molecule has 0 fully saturated rings. The van der Waals surface area contributed by atoms with Gasteiger partial charge in [-0.25, -0.2) is 5.43 Å². The van der Waals surface area contributed by atoms with Crippen molar-refractivity contribution in [1.82, 2.24) is 5.43 Å². The van der Waals surface area contributed by atoms with Crippen LogP contribution < -0.4 is 5.43 Å². The minimum absolute atomic E-state index is 0.00943. The first-order valence-electron chi connectivity index (χ1n) is 7.57. The lowest BCUT2D eigenvalue weighted by Crippen LogP contribution is -2.21. The molecule has 3 heteroatoms. The van der Waals surface area contributed by atoms with Crippen molar-refractivity contribution in [3.05, 3.63) is 35.9 Å². The van der Waals surface area contributed by atoms with Gasteiger partial charge in [-0.3, -0.25) is 4.79 Å². The Bertz CT molecular complexity index is 424. The van der Waals surface area contributed by atoms with Crippen molar-refractivity contribution < 1.29 is 4.79 Å². The lowest BCUT2D eigenvalue weighted by Gasteiger charge is -2.10. The molecule has 0 atom stereocenters. The summed E-state index contributed by atoms with van der Waals surface area (Å²) in [7, 11) is 0. The molecule has 0 radical (unpaired) electrons. The molecule has 1 aromatic rings. The normalized spacial score (nSPS) is 11.7. The molecule has 20 heavy (non-hydrogen) atoms. The third-order valence-electron chi connectivity index (χ3n) is 3.17. The first kappa shape index (κ1) is 16.4. The zero-order valence-corrected chi connectivity index (χ0v) is 12.9. The van der Waals surface area contributed by atoms with E-state index in [9.17, 15) is 4.79 Å². The Morgan fingerprint density at radius 3 is 2.45 bits per heavy atom. The molecule has 0 aliphatic rings. The van der Waals surface area contributed by atoms with Gasteiger partial charge in [-0.2, -0.15) is 5.10 Å². The molecular formula is C17H26N2O. The molecule has 1 aromatic carbocycles. The van der Waals surface area contributed by atoms with Gasteiger partial charge < -0.3 is 0 Å². The molecular weight excluding hydrogens is 248 g/mol. The third-order valence-corrected chi connectivity index (χ3v) is 3.17. The van der Waals surface area contributed by atoms with Gasteiger partial charge in [0.1, 0.15) is 0 Å². The Morgan fingerprint density at radius 2 is 1.85 bits per heavy atom. The Labute approximate surface area is 122 Å². The van der Waals surface area contributed by atoms with Crippen LogP contribution in [0.25, 0.3) is 0 Å². The van der Waals surface area contributed by atoms with Crippen LogP contribution in [0.2, 0.25) is 0 Å². The molecule has 0 spiro atoms. The average molecular weight is 274 g/mol. The molecule has 1 amide bonds. The first-order valence-corrected chi connectivity index (χ1v) is 7.57. The largest absolute Gasteiger partial charge is 0.273 e. The maximum atomic E-state index is 11.7. The van der Waals surface area contributed by atoms with E-state index in [1.165, 1.54) is 12.8 Å². The molecule has 0 aliphatic carbocycles. The number of carbonyl (C=O) groups is 1. The van der Waals surface area contributed by atoms with E-state index in [-0.39, 0.29) is 11.8 Å². The number of hydrogen-bond donors (Lipinski definition) is 1. The standard InChI is InChI=1S/C17H26N2O/c1-4-5-6-10-13-16(20)18-19-17(14(2)3)15-11-8-7-9-12-15/h7-9,11-12,14H,4-6,10,13H2,1-3H3,(H,18,20). The molecule has 1 N–H and O–H groups in total. The van der Waals surface area contributed by atoms with Gasteiger partial charge in [0.2, 0.25) is 5.91 Å². The minimum Gasteiger partial charge on any atom is -0.273 e. The van der Waals surface area contributed by atoms with Crippen molar-refractivity contribution in [2.24, 2.45) is 11.0 Å². The fourth-order valence-electron chi connectivity index (χ4n) is 2.03. The predicted molar refractivity (Wildman–Crippen MR) is 84.7 cm³/mol. The van der Waals surface area contributed by atoms with E-state index in [4.69, 9.17) is 0 Å². The number of hydrazone groups is 1. The number of benzene rings is 1. The van der Waals surface area contributed by atoms with Crippen molar-refractivity contribution in [2.75, 3.05) is 0 Å². The van der Waals surface area contributed by atoms with Gasteiger partial charge >= 0.3 is 0 Å². The van der Waals surface area contributed by atoms with Crippen LogP contribution in [0.5, 0.6) is 0 Å². The maximum absolute atomic E-state index is 11.7. The van der Waals surface area contributed by atoms with Crippen molar-refractivity contribution in [3.63, 3.8) is 0 Å². The van der Waals surface area contributed by atoms with E-state index in [1.54, 1.807) is 0 Å². The summed E-state index contributed by atoms with van der Waals surface area (Å²) in [4.78, 5) is 11.7. The average Bonchev–Trinajstić information content (AvgIpc) is 2.44. The summed E-state index contributed by atoms with van der Waals surface area (Å²) in [6, 6.07) is 9.99. The van der Waals surface area contributed by atoms with Gasteiger partial charge in [0.15, 0.2) is 0 Å². The fraction of sp³-hybridized carbons (Fsp3) is 0.529. The lowest BCUT2D eigenvalue weighted by atomic mass is 10.0. The van der Waals surface area contributed by atoms with Gasteiger partial charge in [-0.05, 0) is 17.9 Å². The number of rotatable bonds is 8. The second kappa shape index (κ2) is 9.29. The van der Waals surface area contributed by atoms with Gasteiger partial charge in [0, 0.05) is 6.42 Å². The molecule has 0 saturated carbocycles. The summed E-state index contributed by atoms with van der Waals surface area (Å²) < 4.78 is 0. The minimum atomic E-state index is 0.00943. The second-order valence-corrected chi connectivity index (χ2v) is 5.36. The van der Waals surface area contributed by atoms with Crippen LogP contribution in [0, 0.1) is 5.92 Å². The van der Waals surface area contributed by atoms with E-state index in [0.29, 0.717) is 6.42 Å².